The van der Waals surface area contributed by atoms with Gasteiger partial charge in [-0.1, -0.05) is 23.4 Å². The summed E-state index contributed by atoms with van der Waals surface area (Å²) in [5, 5.41) is 3.85. The molecule has 4 aromatic rings. The maximum atomic E-state index is 11.9. The summed E-state index contributed by atoms with van der Waals surface area (Å²) in [6.07, 6.45) is 1.52. The average Bonchev–Trinajstić information content (AvgIpc) is 3.18. The Balaban J connectivity index is 1.72. The molecule has 0 aliphatic carbocycles. The van der Waals surface area contributed by atoms with Crippen molar-refractivity contribution in [3.63, 3.8) is 0 Å². The van der Waals surface area contributed by atoms with E-state index in [-0.39, 0.29) is 34.6 Å². The number of hydrogen-bond acceptors (Lipinski definition) is 9. The monoisotopic (exact) mass is 362 g/mol. The zero-order chi connectivity index (χ0) is 18.8. The minimum Gasteiger partial charge on any atom is -0.368 e. The lowest BCUT2D eigenvalue weighted by Crippen LogP contribution is -2.15. The van der Waals surface area contributed by atoms with Crippen molar-refractivity contribution in [2.75, 3.05) is 17.7 Å². The van der Waals surface area contributed by atoms with Crippen molar-refractivity contribution in [2.24, 2.45) is 0 Å². The van der Waals surface area contributed by atoms with Crippen molar-refractivity contribution in [3.8, 4) is 23.1 Å². The summed E-state index contributed by atoms with van der Waals surface area (Å²) < 4.78 is 5.17. The number of nitrogens with one attached hydrogen (secondary N) is 1. The normalized spacial score (nSPS) is 10.7. The van der Waals surface area contributed by atoms with Crippen molar-refractivity contribution in [3.05, 3.63) is 59.0 Å². The van der Waals surface area contributed by atoms with E-state index in [9.17, 15) is 4.79 Å². The molecule has 3 N–H and O–H groups in total. The minimum atomic E-state index is -0.340. The molecular formula is C17H14N8O2. The fraction of sp³-hybridized carbons (Fsp3) is 0.0588. The molecule has 0 spiro atoms. The Morgan fingerprint density at radius 1 is 1.00 bits per heavy atom. The van der Waals surface area contributed by atoms with Crippen molar-refractivity contribution in [1.29, 1.82) is 0 Å². The van der Waals surface area contributed by atoms with Crippen LogP contribution in [0.1, 0.15) is 0 Å². The maximum absolute atomic E-state index is 11.9. The number of nitrogens with zero attached hydrogens (tertiary/aromatic N) is 6. The molecule has 1 aromatic carbocycles. The number of hydrogen-bond donors (Lipinski definition) is 2. The first-order valence-corrected chi connectivity index (χ1v) is 7.94. The SMILES string of the molecule is CN(c1ccccc1)c1nc(N)nc(-c2noc(-c3ccc[nH]c3=O)n2)n1. The molecule has 0 saturated heterocycles. The van der Waals surface area contributed by atoms with Crippen molar-refractivity contribution >= 4 is 17.6 Å². The number of H-pyrrole nitrogens is 1. The zero-order valence-electron chi connectivity index (χ0n) is 14.2. The van der Waals surface area contributed by atoms with Gasteiger partial charge >= 0.3 is 0 Å². The second kappa shape index (κ2) is 6.67. The smallest absolute Gasteiger partial charge is 0.263 e. The van der Waals surface area contributed by atoms with Gasteiger partial charge in [0, 0.05) is 18.9 Å². The Bertz CT molecular complexity index is 1140. The second-order valence-corrected chi connectivity index (χ2v) is 5.55. The molecule has 0 bridgehead atoms. The highest BCUT2D eigenvalue weighted by atomic mass is 16.5. The standard InChI is InChI=1S/C17H14N8O2/c1-25(10-6-3-2-4-7-10)17-22-12(21-16(18)23-17)13-20-15(27-24-13)11-8-5-9-19-14(11)26/h2-9H,1H3,(H,19,26)(H2,18,21,22,23). The lowest BCUT2D eigenvalue weighted by atomic mass is 10.3. The summed E-state index contributed by atoms with van der Waals surface area (Å²) in [6.45, 7) is 0. The summed E-state index contributed by atoms with van der Waals surface area (Å²) >= 11 is 0. The molecule has 0 amide bonds. The number of anilines is 3. The van der Waals surface area contributed by atoms with Gasteiger partial charge in [-0.05, 0) is 24.3 Å². The molecule has 0 aliphatic rings. The van der Waals surface area contributed by atoms with E-state index in [2.05, 4.69) is 30.1 Å². The van der Waals surface area contributed by atoms with Gasteiger partial charge in [0.15, 0.2) is 0 Å². The van der Waals surface area contributed by atoms with Gasteiger partial charge < -0.3 is 20.1 Å². The molecule has 10 heteroatoms. The Morgan fingerprint density at radius 3 is 2.59 bits per heavy atom. The predicted molar refractivity (Wildman–Crippen MR) is 98.1 cm³/mol. The third-order valence-corrected chi connectivity index (χ3v) is 3.76. The van der Waals surface area contributed by atoms with Crippen molar-refractivity contribution in [1.82, 2.24) is 30.1 Å². The highest BCUT2D eigenvalue weighted by molar-refractivity contribution is 5.60. The number of benzene rings is 1. The van der Waals surface area contributed by atoms with E-state index < -0.39 is 0 Å². The fourth-order valence-corrected chi connectivity index (χ4v) is 2.41. The first kappa shape index (κ1) is 16.4. The number of pyridine rings is 1. The number of nitrogen functional groups attached to an aromatic ring is 1. The highest BCUT2D eigenvalue weighted by Gasteiger charge is 2.18. The number of nitrogens with two attached hydrogens (primary N) is 1. The van der Waals surface area contributed by atoms with Gasteiger partial charge in [0.2, 0.25) is 23.5 Å². The summed E-state index contributed by atoms with van der Waals surface area (Å²) in [5.74, 6) is 0.644. The predicted octanol–water partition coefficient (Wildman–Crippen LogP) is 1.63. The van der Waals surface area contributed by atoms with Gasteiger partial charge in [0.25, 0.3) is 11.4 Å². The Morgan fingerprint density at radius 2 is 1.81 bits per heavy atom. The Kier molecular flexibility index (Phi) is 4.05. The first-order chi connectivity index (χ1) is 13.1. The van der Waals surface area contributed by atoms with Crippen LogP contribution in [-0.4, -0.2) is 37.1 Å². The molecular weight excluding hydrogens is 348 g/mol. The number of aromatic amines is 1. The molecule has 4 rings (SSSR count). The molecule has 0 fully saturated rings. The summed E-state index contributed by atoms with van der Waals surface area (Å²) in [7, 11) is 1.80. The van der Waals surface area contributed by atoms with E-state index in [0.717, 1.165) is 5.69 Å². The lowest BCUT2D eigenvalue weighted by Gasteiger charge is -2.17. The van der Waals surface area contributed by atoms with Gasteiger partial charge in [0.1, 0.15) is 5.56 Å². The average molecular weight is 362 g/mol. The van der Waals surface area contributed by atoms with Crippen LogP contribution in [0.3, 0.4) is 0 Å². The maximum Gasteiger partial charge on any atom is 0.263 e. The molecule has 0 atom stereocenters. The molecule has 27 heavy (non-hydrogen) atoms. The molecule has 3 heterocycles. The molecule has 0 unspecified atom stereocenters. The van der Waals surface area contributed by atoms with Crippen LogP contribution >= 0.6 is 0 Å². The van der Waals surface area contributed by atoms with Crippen LogP contribution in [-0.2, 0) is 0 Å². The van der Waals surface area contributed by atoms with E-state index in [1.54, 1.807) is 24.1 Å². The highest BCUT2D eigenvalue weighted by Crippen LogP contribution is 2.23. The van der Waals surface area contributed by atoms with E-state index in [1.165, 1.54) is 6.20 Å². The van der Waals surface area contributed by atoms with Crippen molar-refractivity contribution < 1.29 is 4.52 Å². The minimum absolute atomic E-state index is 0.0155. The zero-order valence-corrected chi connectivity index (χ0v) is 14.2. The molecule has 0 saturated carbocycles. The van der Waals surface area contributed by atoms with Gasteiger partial charge in [-0.15, -0.1) is 0 Å². The molecule has 0 radical (unpaired) electrons. The third kappa shape index (κ3) is 3.23. The number of rotatable bonds is 4. The molecule has 134 valence electrons. The summed E-state index contributed by atoms with van der Waals surface area (Å²) in [6, 6.07) is 12.8. The van der Waals surface area contributed by atoms with Crippen molar-refractivity contribution in [2.45, 2.75) is 0 Å². The van der Waals surface area contributed by atoms with Gasteiger partial charge in [-0.2, -0.15) is 19.9 Å². The number of aromatic nitrogens is 6. The topological polar surface area (TPSA) is 140 Å². The summed E-state index contributed by atoms with van der Waals surface area (Å²) in [5.41, 5.74) is 6.61. The molecule has 10 nitrogen and oxygen atoms in total. The second-order valence-electron chi connectivity index (χ2n) is 5.55. The van der Waals surface area contributed by atoms with Crippen LogP contribution in [0.5, 0.6) is 0 Å². The first-order valence-electron chi connectivity index (χ1n) is 7.94. The Labute approximate surface area is 152 Å². The fourth-order valence-electron chi connectivity index (χ4n) is 2.41. The Hall–Kier alpha value is -4.08. The van der Waals surface area contributed by atoms with Gasteiger partial charge in [-0.3, -0.25) is 4.79 Å². The molecule has 0 aliphatic heterocycles. The van der Waals surface area contributed by atoms with E-state index in [4.69, 9.17) is 10.3 Å². The van der Waals surface area contributed by atoms with E-state index in [0.29, 0.717) is 5.95 Å². The van der Waals surface area contributed by atoms with Crippen LogP contribution in [0.25, 0.3) is 23.1 Å². The van der Waals surface area contributed by atoms with Crippen LogP contribution in [0.15, 0.2) is 58.0 Å². The largest absolute Gasteiger partial charge is 0.368 e. The number of para-hydroxylation sites is 1. The van der Waals surface area contributed by atoms with Gasteiger partial charge in [0.05, 0.1) is 0 Å². The van der Waals surface area contributed by atoms with Gasteiger partial charge in [-0.25, -0.2) is 0 Å². The van der Waals surface area contributed by atoms with E-state index >= 15 is 0 Å². The summed E-state index contributed by atoms with van der Waals surface area (Å²) in [4.78, 5) is 33.0. The van der Waals surface area contributed by atoms with E-state index in [1.807, 2.05) is 30.3 Å². The lowest BCUT2D eigenvalue weighted by molar-refractivity contribution is 0.431. The van der Waals surface area contributed by atoms with Crippen LogP contribution in [0.2, 0.25) is 0 Å². The van der Waals surface area contributed by atoms with Crippen LogP contribution in [0, 0.1) is 0 Å². The van der Waals surface area contributed by atoms with Crippen LogP contribution < -0.4 is 16.2 Å². The molecule has 3 aromatic heterocycles. The van der Waals surface area contributed by atoms with Crippen LogP contribution in [0.4, 0.5) is 17.6 Å². The third-order valence-electron chi connectivity index (χ3n) is 3.76. The quantitative estimate of drug-likeness (QED) is 0.554.